The monoisotopic (exact) mass is 316 g/mol. The van der Waals surface area contributed by atoms with E-state index in [1.54, 1.807) is 13.2 Å². The molecule has 3 N–H and O–H groups in total. The van der Waals surface area contributed by atoms with Crippen LogP contribution in [0.1, 0.15) is 18.9 Å². The summed E-state index contributed by atoms with van der Waals surface area (Å²) in [6.07, 6.45) is 0.992. The van der Waals surface area contributed by atoms with Gasteiger partial charge in [-0.05, 0) is 38.1 Å². The molecule has 0 atom stereocenters. The highest BCUT2D eigenvalue weighted by molar-refractivity contribution is 6.31. The van der Waals surface area contributed by atoms with Crippen LogP contribution >= 0.6 is 11.6 Å². The van der Waals surface area contributed by atoms with Gasteiger partial charge in [0.05, 0.1) is 20.3 Å². The number of hydrogen-bond donors (Lipinski definition) is 3. The zero-order valence-electron chi connectivity index (χ0n) is 12.7. The molecule has 0 fully saturated rings. The molecule has 0 amide bonds. The molecular weight excluding hydrogens is 292 g/mol. The fourth-order valence-corrected chi connectivity index (χ4v) is 2.13. The van der Waals surface area contributed by atoms with E-state index in [0.717, 1.165) is 25.1 Å². The van der Waals surface area contributed by atoms with E-state index in [0.29, 0.717) is 36.2 Å². The van der Waals surface area contributed by atoms with Crippen LogP contribution in [0.2, 0.25) is 5.02 Å². The van der Waals surface area contributed by atoms with Gasteiger partial charge in [-0.2, -0.15) is 0 Å². The molecule has 0 saturated heterocycles. The van der Waals surface area contributed by atoms with Gasteiger partial charge >= 0.3 is 0 Å². The highest BCUT2D eigenvalue weighted by Crippen LogP contribution is 2.33. The highest BCUT2D eigenvalue weighted by Gasteiger charge is 2.10. The third-order valence-corrected chi connectivity index (χ3v) is 3.30. The summed E-state index contributed by atoms with van der Waals surface area (Å²) in [5, 5.41) is 15.8. The number of methoxy groups -OCH3 is 1. The smallest absolute Gasteiger partial charge is 0.162 e. The first-order valence-electron chi connectivity index (χ1n) is 7.24. The van der Waals surface area contributed by atoms with Gasteiger partial charge in [-0.1, -0.05) is 11.6 Å². The second-order valence-corrected chi connectivity index (χ2v) is 4.94. The Morgan fingerprint density at radius 2 is 1.90 bits per heavy atom. The lowest BCUT2D eigenvalue weighted by atomic mass is 10.2. The fraction of sp³-hybridized carbons (Fsp3) is 0.600. The van der Waals surface area contributed by atoms with Crippen molar-refractivity contribution < 1.29 is 14.6 Å². The molecule has 0 aliphatic heterocycles. The minimum atomic E-state index is 0.176. The van der Waals surface area contributed by atoms with Gasteiger partial charge in [0.25, 0.3) is 0 Å². The number of aliphatic hydroxyl groups is 1. The summed E-state index contributed by atoms with van der Waals surface area (Å²) in [5.41, 5.74) is 0.990. The average molecular weight is 317 g/mol. The minimum Gasteiger partial charge on any atom is -0.493 e. The van der Waals surface area contributed by atoms with E-state index >= 15 is 0 Å². The van der Waals surface area contributed by atoms with Gasteiger partial charge in [0.1, 0.15) is 0 Å². The number of ether oxygens (including phenoxy) is 2. The first-order chi connectivity index (χ1) is 10.2. The Labute approximate surface area is 131 Å². The van der Waals surface area contributed by atoms with Crippen LogP contribution < -0.4 is 20.1 Å². The lowest BCUT2D eigenvalue weighted by Gasteiger charge is -2.13. The molecule has 0 aliphatic rings. The predicted molar refractivity (Wildman–Crippen MR) is 85.5 cm³/mol. The van der Waals surface area contributed by atoms with E-state index in [9.17, 15) is 0 Å². The Morgan fingerprint density at radius 1 is 1.14 bits per heavy atom. The van der Waals surface area contributed by atoms with Crippen LogP contribution in [0.3, 0.4) is 0 Å². The van der Waals surface area contributed by atoms with Crippen molar-refractivity contribution in [3.63, 3.8) is 0 Å². The first kappa shape index (κ1) is 18.0. The van der Waals surface area contributed by atoms with E-state index in [1.807, 2.05) is 13.0 Å². The SMILES string of the molecule is CCOc1cc(CNCCCNCCO)c(Cl)cc1OC. The van der Waals surface area contributed by atoms with Crippen molar-refractivity contribution >= 4 is 11.6 Å². The van der Waals surface area contributed by atoms with Gasteiger partial charge in [-0.25, -0.2) is 0 Å². The number of hydrogen-bond acceptors (Lipinski definition) is 5. The number of nitrogens with one attached hydrogen (secondary N) is 2. The van der Waals surface area contributed by atoms with Gasteiger partial charge < -0.3 is 25.2 Å². The van der Waals surface area contributed by atoms with Crippen molar-refractivity contribution in [3.05, 3.63) is 22.7 Å². The van der Waals surface area contributed by atoms with Gasteiger partial charge in [-0.15, -0.1) is 0 Å². The maximum atomic E-state index is 8.65. The maximum absolute atomic E-state index is 8.65. The third-order valence-electron chi connectivity index (χ3n) is 2.94. The van der Waals surface area contributed by atoms with Crippen LogP contribution in [-0.4, -0.2) is 45.1 Å². The number of benzene rings is 1. The standard InChI is InChI=1S/C15H25ClN2O3/c1-3-21-15-9-12(13(16)10-14(15)20-2)11-18-6-4-5-17-7-8-19/h9-10,17-19H,3-8,11H2,1-2H3. The number of halogens is 1. The largest absolute Gasteiger partial charge is 0.493 e. The van der Waals surface area contributed by atoms with E-state index in [2.05, 4.69) is 10.6 Å². The molecule has 0 heterocycles. The first-order valence-corrected chi connectivity index (χ1v) is 7.62. The quantitative estimate of drug-likeness (QED) is 0.544. The van der Waals surface area contributed by atoms with Crippen molar-refractivity contribution in [1.82, 2.24) is 10.6 Å². The van der Waals surface area contributed by atoms with Gasteiger partial charge in [0.2, 0.25) is 0 Å². The Balaban J connectivity index is 2.45. The van der Waals surface area contributed by atoms with E-state index < -0.39 is 0 Å². The molecule has 0 aromatic heterocycles. The summed E-state index contributed by atoms with van der Waals surface area (Å²) < 4.78 is 10.8. The van der Waals surface area contributed by atoms with Crippen LogP contribution in [0.15, 0.2) is 12.1 Å². The molecule has 120 valence electrons. The maximum Gasteiger partial charge on any atom is 0.162 e. The molecule has 0 spiro atoms. The molecular formula is C15H25ClN2O3. The Morgan fingerprint density at radius 3 is 2.57 bits per heavy atom. The Kier molecular flexibility index (Phi) is 9.17. The summed E-state index contributed by atoms with van der Waals surface area (Å²) in [7, 11) is 1.60. The summed E-state index contributed by atoms with van der Waals surface area (Å²) >= 11 is 6.25. The summed E-state index contributed by atoms with van der Waals surface area (Å²) in [6, 6.07) is 3.70. The molecule has 0 saturated carbocycles. The second-order valence-electron chi connectivity index (χ2n) is 4.53. The Hall–Kier alpha value is -1.01. The Bertz CT molecular complexity index is 416. The molecule has 1 aromatic rings. The number of aliphatic hydroxyl groups excluding tert-OH is 1. The van der Waals surface area contributed by atoms with Crippen molar-refractivity contribution in [3.8, 4) is 11.5 Å². The van der Waals surface area contributed by atoms with Crippen LogP contribution in [0.4, 0.5) is 0 Å². The molecule has 0 aliphatic carbocycles. The molecule has 0 radical (unpaired) electrons. The van der Waals surface area contributed by atoms with E-state index in [4.69, 9.17) is 26.2 Å². The third kappa shape index (κ3) is 6.52. The molecule has 1 rings (SSSR count). The zero-order chi connectivity index (χ0) is 15.5. The van der Waals surface area contributed by atoms with Gasteiger partial charge in [-0.3, -0.25) is 0 Å². The molecule has 0 bridgehead atoms. The zero-order valence-corrected chi connectivity index (χ0v) is 13.5. The van der Waals surface area contributed by atoms with E-state index in [1.165, 1.54) is 0 Å². The molecule has 21 heavy (non-hydrogen) atoms. The van der Waals surface area contributed by atoms with Crippen LogP contribution in [-0.2, 0) is 6.54 Å². The molecule has 5 nitrogen and oxygen atoms in total. The van der Waals surface area contributed by atoms with Gasteiger partial charge in [0, 0.05) is 24.2 Å². The summed E-state index contributed by atoms with van der Waals surface area (Å²) in [4.78, 5) is 0. The average Bonchev–Trinajstić information content (AvgIpc) is 2.49. The van der Waals surface area contributed by atoms with Crippen molar-refractivity contribution in [2.24, 2.45) is 0 Å². The fourth-order valence-electron chi connectivity index (χ4n) is 1.91. The number of rotatable bonds is 11. The molecule has 0 unspecified atom stereocenters. The molecule has 6 heteroatoms. The normalized spacial score (nSPS) is 10.7. The summed E-state index contributed by atoms with van der Waals surface area (Å²) in [6.45, 7) is 5.78. The highest BCUT2D eigenvalue weighted by atomic mass is 35.5. The minimum absolute atomic E-state index is 0.176. The second kappa shape index (κ2) is 10.7. The van der Waals surface area contributed by atoms with E-state index in [-0.39, 0.29) is 6.61 Å². The summed E-state index contributed by atoms with van der Waals surface area (Å²) in [5.74, 6) is 1.37. The lowest BCUT2D eigenvalue weighted by Crippen LogP contribution is -2.24. The van der Waals surface area contributed by atoms with Crippen LogP contribution in [0, 0.1) is 0 Å². The van der Waals surface area contributed by atoms with Crippen LogP contribution in [0.25, 0.3) is 0 Å². The van der Waals surface area contributed by atoms with Gasteiger partial charge in [0.15, 0.2) is 11.5 Å². The van der Waals surface area contributed by atoms with Crippen LogP contribution in [0.5, 0.6) is 11.5 Å². The predicted octanol–water partition coefficient (Wildman–Crippen LogP) is 1.81. The van der Waals surface area contributed by atoms with Crippen molar-refractivity contribution in [1.29, 1.82) is 0 Å². The molecule has 1 aromatic carbocycles. The van der Waals surface area contributed by atoms with Crippen molar-refractivity contribution in [2.45, 2.75) is 19.9 Å². The van der Waals surface area contributed by atoms with Crippen molar-refractivity contribution in [2.75, 3.05) is 40.0 Å². The topological polar surface area (TPSA) is 62.8 Å². The lowest BCUT2D eigenvalue weighted by molar-refractivity contribution is 0.292.